The fourth-order valence-corrected chi connectivity index (χ4v) is 4.70. The predicted octanol–water partition coefficient (Wildman–Crippen LogP) is 4.80. The van der Waals surface area contributed by atoms with Crippen LogP contribution in [0, 0.1) is 0 Å². The normalized spacial score (nSPS) is 13.4. The second-order valence-corrected chi connectivity index (χ2v) is 8.35. The third kappa shape index (κ3) is 3.59. The molecule has 1 aliphatic carbocycles. The lowest BCUT2D eigenvalue weighted by Gasteiger charge is -2.23. The molecule has 1 atom stereocenters. The minimum Gasteiger partial charge on any atom is -0.479 e. The molecule has 0 saturated heterocycles. The van der Waals surface area contributed by atoms with Gasteiger partial charge in [0.2, 0.25) is 0 Å². The molecule has 0 radical (unpaired) electrons. The zero-order valence-corrected chi connectivity index (χ0v) is 17.0. The SMILES string of the molecule is CN(C(=O)OCC1c2ccccc2-c2ccccc21)C(C(=O)O)c1ncc(Cl)s1. The second-order valence-electron chi connectivity index (χ2n) is 6.66. The van der Waals surface area contributed by atoms with Crippen LogP contribution in [0.5, 0.6) is 0 Å². The van der Waals surface area contributed by atoms with Gasteiger partial charge in [-0.15, -0.1) is 11.3 Å². The van der Waals surface area contributed by atoms with Crippen LogP contribution in [-0.2, 0) is 9.53 Å². The van der Waals surface area contributed by atoms with Crippen molar-refractivity contribution < 1.29 is 19.4 Å². The number of aromatic nitrogens is 1. The van der Waals surface area contributed by atoms with Crippen LogP contribution in [0.3, 0.4) is 0 Å². The van der Waals surface area contributed by atoms with Gasteiger partial charge >= 0.3 is 12.1 Å². The molecule has 148 valence electrons. The van der Waals surface area contributed by atoms with Crippen molar-refractivity contribution in [3.05, 3.63) is 75.2 Å². The molecule has 0 aliphatic heterocycles. The van der Waals surface area contributed by atoms with Crippen molar-refractivity contribution >= 4 is 35.0 Å². The molecule has 6 nitrogen and oxygen atoms in total. The Labute approximate surface area is 176 Å². The minimum absolute atomic E-state index is 0.0997. The van der Waals surface area contributed by atoms with Gasteiger partial charge < -0.3 is 9.84 Å². The summed E-state index contributed by atoms with van der Waals surface area (Å²) in [6.45, 7) is 0.113. The highest BCUT2D eigenvalue weighted by Crippen LogP contribution is 2.44. The molecule has 0 fully saturated rings. The van der Waals surface area contributed by atoms with Crippen LogP contribution in [0.25, 0.3) is 11.1 Å². The zero-order valence-electron chi connectivity index (χ0n) is 15.4. The van der Waals surface area contributed by atoms with Gasteiger partial charge in [0.25, 0.3) is 0 Å². The fraction of sp³-hybridized carbons (Fsp3) is 0.190. The molecular weight excluding hydrogens is 412 g/mol. The van der Waals surface area contributed by atoms with Crippen LogP contribution in [0.15, 0.2) is 54.7 Å². The number of fused-ring (bicyclic) bond motifs is 3. The molecule has 29 heavy (non-hydrogen) atoms. The van der Waals surface area contributed by atoms with Crippen LogP contribution in [0.1, 0.15) is 28.1 Å². The maximum absolute atomic E-state index is 12.6. The summed E-state index contributed by atoms with van der Waals surface area (Å²) in [6.07, 6.45) is 0.633. The Morgan fingerprint density at radius 3 is 2.28 bits per heavy atom. The molecule has 1 amide bonds. The number of ether oxygens (including phenoxy) is 1. The molecule has 0 spiro atoms. The number of hydrogen-bond donors (Lipinski definition) is 1. The highest BCUT2D eigenvalue weighted by Gasteiger charge is 2.34. The van der Waals surface area contributed by atoms with E-state index in [-0.39, 0.29) is 17.5 Å². The van der Waals surface area contributed by atoms with Crippen molar-refractivity contribution in [2.75, 3.05) is 13.7 Å². The number of aliphatic carboxylic acids is 1. The van der Waals surface area contributed by atoms with Gasteiger partial charge in [-0.1, -0.05) is 60.1 Å². The summed E-state index contributed by atoms with van der Waals surface area (Å²) in [5, 5.41) is 9.79. The fourth-order valence-electron chi connectivity index (χ4n) is 3.63. The number of thiazole rings is 1. The molecule has 1 aromatic heterocycles. The third-order valence-electron chi connectivity index (χ3n) is 4.97. The predicted molar refractivity (Wildman–Crippen MR) is 110 cm³/mol. The summed E-state index contributed by atoms with van der Waals surface area (Å²) in [6, 6.07) is 14.8. The summed E-state index contributed by atoms with van der Waals surface area (Å²) in [5.41, 5.74) is 4.42. The molecule has 2 aromatic carbocycles. The lowest BCUT2D eigenvalue weighted by molar-refractivity contribution is -0.142. The van der Waals surface area contributed by atoms with E-state index >= 15 is 0 Å². The Bertz CT molecular complexity index is 1040. The van der Waals surface area contributed by atoms with Crippen molar-refractivity contribution in [2.45, 2.75) is 12.0 Å². The highest BCUT2D eigenvalue weighted by atomic mass is 35.5. The number of rotatable bonds is 5. The number of amides is 1. The number of carboxylic acids is 1. The number of carboxylic acid groups (broad SMARTS) is 1. The second kappa shape index (κ2) is 7.85. The first-order chi connectivity index (χ1) is 14.0. The van der Waals surface area contributed by atoms with E-state index in [1.165, 1.54) is 13.2 Å². The van der Waals surface area contributed by atoms with Crippen molar-refractivity contribution in [1.29, 1.82) is 0 Å². The lowest BCUT2D eigenvalue weighted by atomic mass is 9.98. The third-order valence-corrected chi connectivity index (χ3v) is 6.14. The number of hydrogen-bond acceptors (Lipinski definition) is 5. The van der Waals surface area contributed by atoms with Crippen molar-refractivity contribution in [2.24, 2.45) is 0 Å². The standard InChI is InChI=1S/C21H17ClN2O4S/c1-24(18(20(25)26)19-23-10-17(22)29-19)21(27)28-11-16-14-8-4-2-6-12(14)13-7-3-5-9-15(13)16/h2-10,16,18H,11H2,1H3,(H,25,26). The molecule has 4 rings (SSSR count). The molecule has 0 saturated carbocycles. The zero-order chi connectivity index (χ0) is 20.5. The van der Waals surface area contributed by atoms with Crippen LogP contribution in [0.2, 0.25) is 4.34 Å². The molecule has 3 aromatic rings. The smallest absolute Gasteiger partial charge is 0.410 e. The van der Waals surface area contributed by atoms with Crippen LogP contribution in [0.4, 0.5) is 4.79 Å². The molecule has 1 aliphatic rings. The molecule has 1 N–H and O–H groups in total. The van der Waals surface area contributed by atoms with E-state index in [9.17, 15) is 14.7 Å². The number of likely N-dealkylation sites (N-methyl/N-ethyl adjacent to an activating group) is 1. The van der Waals surface area contributed by atoms with Crippen molar-refractivity contribution in [3.63, 3.8) is 0 Å². The Hall–Kier alpha value is -2.90. The lowest BCUT2D eigenvalue weighted by Crippen LogP contribution is -2.36. The summed E-state index contributed by atoms with van der Waals surface area (Å²) >= 11 is 6.88. The van der Waals surface area contributed by atoms with E-state index in [0.717, 1.165) is 38.5 Å². The van der Waals surface area contributed by atoms with Crippen LogP contribution in [-0.4, -0.2) is 40.7 Å². The van der Waals surface area contributed by atoms with Gasteiger partial charge in [-0.05, 0) is 22.3 Å². The first-order valence-corrected chi connectivity index (χ1v) is 10.1. The largest absolute Gasteiger partial charge is 0.479 e. The van der Waals surface area contributed by atoms with Gasteiger partial charge in [-0.3, -0.25) is 4.90 Å². The Balaban J connectivity index is 1.53. The Kier molecular flexibility index (Phi) is 5.25. The minimum atomic E-state index is -1.26. The van der Waals surface area contributed by atoms with Gasteiger partial charge in [0.15, 0.2) is 6.04 Å². The van der Waals surface area contributed by atoms with Crippen LogP contribution < -0.4 is 0 Å². The first kappa shape index (κ1) is 19.4. The molecule has 1 heterocycles. The number of nitrogens with zero attached hydrogens (tertiary/aromatic N) is 2. The highest BCUT2D eigenvalue weighted by molar-refractivity contribution is 7.16. The molecule has 1 unspecified atom stereocenters. The van der Waals surface area contributed by atoms with E-state index < -0.39 is 18.1 Å². The number of carbonyl (C=O) groups is 2. The molecular formula is C21H17ClN2O4S. The van der Waals surface area contributed by atoms with Crippen molar-refractivity contribution in [3.8, 4) is 11.1 Å². The number of benzene rings is 2. The molecule has 8 heteroatoms. The van der Waals surface area contributed by atoms with E-state index in [2.05, 4.69) is 17.1 Å². The van der Waals surface area contributed by atoms with Crippen LogP contribution >= 0.6 is 22.9 Å². The van der Waals surface area contributed by atoms with Gasteiger partial charge in [0, 0.05) is 13.0 Å². The van der Waals surface area contributed by atoms with E-state index in [1.807, 2.05) is 36.4 Å². The number of carbonyl (C=O) groups excluding carboxylic acids is 1. The summed E-state index contributed by atoms with van der Waals surface area (Å²) in [5.74, 6) is -1.30. The average molecular weight is 429 g/mol. The summed E-state index contributed by atoms with van der Waals surface area (Å²) in [7, 11) is 1.38. The van der Waals surface area contributed by atoms with E-state index in [0.29, 0.717) is 4.34 Å². The maximum atomic E-state index is 12.6. The van der Waals surface area contributed by atoms with Gasteiger partial charge in [-0.2, -0.15) is 0 Å². The van der Waals surface area contributed by atoms with E-state index in [4.69, 9.17) is 16.3 Å². The molecule has 0 bridgehead atoms. The maximum Gasteiger partial charge on any atom is 0.410 e. The summed E-state index contributed by atoms with van der Waals surface area (Å²) in [4.78, 5) is 29.4. The van der Waals surface area contributed by atoms with E-state index in [1.54, 1.807) is 0 Å². The van der Waals surface area contributed by atoms with Gasteiger partial charge in [0.05, 0.1) is 6.20 Å². The first-order valence-electron chi connectivity index (χ1n) is 8.89. The quantitative estimate of drug-likeness (QED) is 0.631. The van der Waals surface area contributed by atoms with Crippen molar-refractivity contribution in [1.82, 2.24) is 9.88 Å². The Morgan fingerprint density at radius 2 is 1.76 bits per heavy atom. The topological polar surface area (TPSA) is 79.7 Å². The number of halogens is 1. The van der Waals surface area contributed by atoms with Gasteiger partial charge in [0.1, 0.15) is 16.0 Å². The average Bonchev–Trinajstić information content (AvgIpc) is 3.27. The van der Waals surface area contributed by atoms with Gasteiger partial charge in [-0.25, -0.2) is 14.6 Å². The monoisotopic (exact) mass is 428 g/mol. The Morgan fingerprint density at radius 1 is 1.17 bits per heavy atom. The summed E-state index contributed by atoms with van der Waals surface area (Å²) < 4.78 is 5.88.